The lowest BCUT2D eigenvalue weighted by Crippen LogP contribution is -2.27. The van der Waals surface area contributed by atoms with E-state index < -0.39 is 15.7 Å². The minimum absolute atomic E-state index is 0.00148. The Kier molecular flexibility index (Phi) is 5.72. The van der Waals surface area contributed by atoms with Crippen molar-refractivity contribution in [2.75, 3.05) is 6.26 Å². The van der Waals surface area contributed by atoms with Crippen molar-refractivity contribution in [1.82, 2.24) is 14.7 Å². The number of carbonyl (C=O) groups is 1. The molecule has 1 aliphatic heterocycles. The number of nitrogens with zero attached hydrogens (tertiary/aromatic N) is 3. The Morgan fingerprint density at radius 2 is 1.97 bits per heavy atom. The predicted molar refractivity (Wildman–Crippen MR) is 117 cm³/mol. The van der Waals surface area contributed by atoms with E-state index in [1.54, 1.807) is 23.2 Å². The number of carbonyl (C=O) groups excluding carboxylic acids is 1. The van der Waals surface area contributed by atoms with Crippen LogP contribution in [0.25, 0.3) is 5.69 Å². The van der Waals surface area contributed by atoms with Crippen LogP contribution in [0.4, 0.5) is 4.39 Å². The Labute approximate surface area is 190 Å². The summed E-state index contributed by atoms with van der Waals surface area (Å²) in [5.41, 5.74) is 1.78. The second-order valence-corrected chi connectivity index (χ2v) is 10.3. The topological polar surface area (TPSA) is 81.5 Å². The minimum Gasteiger partial charge on any atom is -0.490 e. The van der Waals surface area contributed by atoms with Crippen molar-refractivity contribution in [2.45, 2.75) is 37.9 Å². The van der Waals surface area contributed by atoms with E-state index in [0.717, 1.165) is 11.8 Å². The third-order valence-corrected chi connectivity index (χ3v) is 6.42. The van der Waals surface area contributed by atoms with Crippen LogP contribution in [0.2, 0.25) is 5.02 Å². The minimum atomic E-state index is -3.50. The Hall–Kier alpha value is -2.91. The van der Waals surface area contributed by atoms with Gasteiger partial charge in [0.1, 0.15) is 11.4 Å². The molecule has 1 aromatic heterocycles. The summed E-state index contributed by atoms with van der Waals surface area (Å²) >= 11 is 5.86. The molecule has 0 spiro atoms. The first-order valence-electron chi connectivity index (χ1n) is 9.86. The Bertz CT molecular complexity index is 1300. The van der Waals surface area contributed by atoms with Crippen LogP contribution in [0.15, 0.2) is 47.5 Å². The summed E-state index contributed by atoms with van der Waals surface area (Å²) in [7, 11) is -3.50. The highest BCUT2D eigenvalue weighted by Gasteiger charge is 2.30. The van der Waals surface area contributed by atoms with Crippen LogP contribution in [-0.2, 0) is 22.9 Å². The fraction of sp³-hybridized carbons (Fsp3) is 0.273. The van der Waals surface area contributed by atoms with Crippen molar-refractivity contribution in [3.63, 3.8) is 0 Å². The van der Waals surface area contributed by atoms with Gasteiger partial charge in [-0.2, -0.15) is 5.10 Å². The summed E-state index contributed by atoms with van der Waals surface area (Å²) in [5, 5.41) is 4.41. The molecular weight excluding hydrogens is 457 g/mol. The molecule has 4 rings (SSSR count). The summed E-state index contributed by atoms with van der Waals surface area (Å²) in [6.45, 7) is 4.10. The maximum atomic E-state index is 14.3. The molecule has 0 atom stereocenters. The van der Waals surface area contributed by atoms with E-state index in [1.807, 2.05) is 13.8 Å². The molecule has 168 valence electrons. The van der Waals surface area contributed by atoms with Gasteiger partial charge < -0.3 is 9.64 Å². The molecule has 10 heteroatoms. The summed E-state index contributed by atoms with van der Waals surface area (Å²) in [5.74, 6) is -0.631. The largest absolute Gasteiger partial charge is 0.490 e. The van der Waals surface area contributed by atoms with E-state index in [4.69, 9.17) is 16.3 Å². The summed E-state index contributed by atoms with van der Waals surface area (Å²) < 4.78 is 45.5. The van der Waals surface area contributed by atoms with Gasteiger partial charge in [-0.15, -0.1) is 0 Å². The normalized spacial score (nSPS) is 13.5. The number of halogens is 2. The molecule has 0 unspecified atom stereocenters. The SMILES string of the molecule is CC(C)Oc1ccc(S(C)(=O)=O)cc1C(=O)N1Cc2cn(-c3cccc(Cl)c3F)nc2C1. The Balaban J connectivity index is 1.63. The van der Waals surface area contributed by atoms with Gasteiger partial charge in [0.2, 0.25) is 0 Å². The van der Waals surface area contributed by atoms with E-state index in [9.17, 15) is 17.6 Å². The average molecular weight is 478 g/mol. The van der Waals surface area contributed by atoms with Crippen molar-refractivity contribution in [3.8, 4) is 11.4 Å². The van der Waals surface area contributed by atoms with Gasteiger partial charge in [-0.05, 0) is 44.2 Å². The second-order valence-electron chi connectivity index (χ2n) is 7.88. The first-order valence-corrected chi connectivity index (χ1v) is 12.1. The molecule has 0 saturated heterocycles. The first-order chi connectivity index (χ1) is 15.0. The maximum absolute atomic E-state index is 14.3. The number of rotatable bonds is 5. The highest BCUT2D eigenvalue weighted by atomic mass is 35.5. The third-order valence-electron chi connectivity index (χ3n) is 5.02. The van der Waals surface area contributed by atoms with E-state index in [0.29, 0.717) is 11.4 Å². The monoisotopic (exact) mass is 477 g/mol. The van der Waals surface area contributed by atoms with Crippen LogP contribution in [0.1, 0.15) is 35.5 Å². The highest BCUT2D eigenvalue weighted by molar-refractivity contribution is 7.90. The van der Waals surface area contributed by atoms with Gasteiger partial charge in [-0.3, -0.25) is 4.79 Å². The summed E-state index contributed by atoms with van der Waals surface area (Å²) in [6.07, 6.45) is 2.55. The number of amides is 1. The van der Waals surface area contributed by atoms with E-state index in [2.05, 4.69) is 5.10 Å². The van der Waals surface area contributed by atoms with Crippen LogP contribution in [-0.4, -0.2) is 41.4 Å². The molecule has 1 amide bonds. The summed E-state index contributed by atoms with van der Waals surface area (Å²) in [4.78, 5) is 14.9. The van der Waals surface area contributed by atoms with Crippen LogP contribution in [0.3, 0.4) is 0 Å². The zero-order chi connectivity index (χ0) is 23.2. The number of hydrogen-bond acceptors (Lipinski definition) is 5. The van der Waals surface area contributed by atoms with Gasteiger partial charge in [0.05, 0.1) is 33.8 Å². The molecule has 0 fully saturated rings. The van der Waals surface area contributed by atoms with Crippen LogP contribution >= 0.6 is 11.6 Å². The van der Waals surface area contributed by atoms with E-state index >= 15 is 0 Å². The molecule has 32 heavy (non-hydrogen) atoms. The lowest BCUT2D eigenvalue weighted by Gasteiger charge is -2.20. The zero-order valence-corrected chi connectivity index (χ0v) is 19.2. The van der Waals surface area contributed by atoms with Crippen LogP contribution in [0.5, 0.6) is 5.75 Å². The van der Waals surface area contributed by atoms with Crippen molar-refractivity contribution in [2.24, 2.45) is 0 Å². The van der Waals surface area contributed by atoms with Crippen LogP contribution in [0, 0.1) is 5.82 Å². The first kappa shape index (κ1) is 22.3. The van der Waals surface area contributed by atoms with Gasteiger partial charge >= 0.3 is 0 Å². The lowest BCUT2D eigenvalue weighted by molar-refractivity contribution is 0.0742. The fourth-order valence-corrected chi connectivity index (χ4v) is 4.34. The Morgan fingerprint density at radius 1 is 1.22 bits per heavy atom. The standard InChI is InChI=1S/C22H21ClFN3O4S/c1-13(2)31-20-8-7-15(32(3,29)30)9-16(20)22(28)26-10-14-11-27(25-18(14)12-26)19-6-4-5-17(23)21(19)24/h4-9,11,13H,10,12H2,1-3H3. The molecule has 0 bridgehead atoms. The van der Waals surface area contributed by atoms with Gasteiger partial charge in [-0.25, -0.2) is 17.5 Å². The van der Waals surface area contributed by atoms with Gasteiger partial charge in [0.15, 0.2) is 15.7 Å². The van der Waals surface area contributed by atoms with Crippen LogP contribution < -0.4 is 4.74 Å². The number of benzene rings is 2. The second kappa shape index (κ2) is 8.22. The third kappa shape index (κ3) is 4.22. The molecule has 7 nitrogen and oxygen atoms in total. The molecule has 2 heterocycles. The van der Waals surface area contributed by atoms with Gasteiger partial charge in [-0.1, -0.05) is 17.7 Å². The van der Waals surface area contributed by atoms with Crippen molar-refractivity contribution in [1.29, 1.82) is 0 Å². The van der Waals surface area contributed by atoms with Crippen molar-refractivity contribution >= 4 is 27.3 Å². The molecule has 1 aliphatic rings. The molecule has 0 N–H and O–H groups in total. The average Bonchev–Trinajstić information content (AvgIpc) is 3.28. The number of sulfone groups is 1. The molecule has 3 aromatic rings. The fourth-order valence-electron chi connectivity index (χ4n) is 3.52. The molecule has 0 radical (unpaired) electrons. The van der Waals surface area contributed by atoms with E-state index in [1.165, 1.54) is 28.9 Å². The quantitative estimate of drug-likeness (QED) is 0.554. The number of aromatic nitrogens is 2. The van der Waals surface area contributed by atoms with Crippen molar-refractivity contribution in [3.05, 3.63) is 70.3 Å². The molecule has 0 saturated carbocycles. The summed E-state index contributed by atoms with van der Waals surface area (Å²) in [6, 6.07) is 8.92. The maximum Gasteiger partial charge on any atom is 0.258 e. The highest BCUT2D eigenvalue weighted by Crippen LogP contribution is 2.30. The number of hydrogen-bond donors (Lipinski definition) is 0. The number of ether oxygens (including phenoxy) is 1. The van der Waals surface area contributed by atoms with Crippen molar-refractivity contribution < 1.29 is 22.3 Å². The predicted octanol–water partition coefficient (Wildman–Crippen LogP) is 4.01. The number of fused-ring (bicyclic) bond motifs is 1. The van der Waals surface area contributed by atoms with E-state index in [-0.39, 0.29) is 46.3 Å². The Morgan fingerprint density at radius 3 is 2.62 bits per heavy atom. The van der Waals surface area contributed by atoms with Gasteiger partial charge in [0.25, 0.3) is 5.91 Å². The molecule has 0 aliphatic carbocycles. The smallest absolute Gasteiger partial charge is 0.258 e. The molecular formula is C22H21ClFN3O4S. The van der Waals surface area contributed by atoms with Gasteiger partial charge in [0, 0.05) is 24.6 Å². The lowest BCUT2D eigenvalue weighted by atomic mass is 10.1. The zero-order valence-electron chi connectivity index (χ0n) is 17.7. The molecule has 2 aromatic carbocycles.